The molecule has 5 heterocycles. The van der Waals surface area contributed by atoms with Crippen molar-refractivity contribution in [3.8, 4) is 0 Å². The maximum absolute atomic E-state index is 15.4. The Morgan fingerprint density at radius 2 is 0.767 bits per heavy atom. The lowest BCUT2D eigenvalue weighted by Gasteiger charge is -2.35. The van der Waals surface area contributed by atoms with E-state index in [-0.39, 0.29) is 96.8 Å². The Labute approximate surface area is 772 Å². The number of carbonyl (C=O) groups is 23. The van der Waals surface area contributed by atoms with Crippen LogP contribution < -0.4 is 108 Å². The summed E-state index contributed by atoms with van der Waals surface area (Å²) in [4.78, 5) is 331. The molecule has 22 amide bonds. The van der Waals surface area contributed by atoms with Gasteiger partial charge in [-0.25, -0.2) is 0 Å². The van der Waals surface area contributed by atoms with E-state index in [0.29, 0.717) is 27.2 Å². The highest BCUT2D eigenvalue weighted by Gasteiger charge is 2.48. The number of nitrogens with one attached hydrogen (secondary N) is 15. The average Bonchev–Trinajstić information content (AvgIpc) is 1.67. The standard InChI is InChI=1S/C81H123N23O27S2/c1-5-39(3)63-78(128)99-53-38-133-132-37-52(75(125)94-47(31-60(86)111)71(121)92-45(29-41-15-8-7-9-16-41)69(119)96-50(35-106)73(123)101-64(40(4)6-2)81(131)104-28-14-20-56(104)80(130)103-27-13-19-55(103)77(127)100-63)98-68(118)44(22-24-58(84)109)90-70(120)46(30-59(85)110)93-72(122)49(34-105)88-61(112)33-87-65(115)48(32-62(113)114)95-76(126)54-18-12-26-102(54)79(129)51(36-107)97-66(116)42(17-10-11-25-82)89-67(117)43(91-74(53)124)21-23-57(83)108/h7-9,15-16,39-40,42-56,63-64,105-107H,5-6,10-14,17-38,82H2,1-4H3,(H2,83,108)(H2,84,109)(H2,85,110)(H2,86,111)(H,87,115)(H,88,112)(H,89,117)(H,90,120)(H,91,124)(H,92,121)(H,93,122)(H,94,125)(H,95,126)(H,96,119)(H,97,116)(H,98,118)(H,99,128)(H,100,127)(H,101,123)(H,113,114)/t39-,40-,42-,43-,44-,45-,46-,47-,48-,49-,50-,51-,52-,53-,54-,55-,56-,63-,64-/m0/s1. The van der Waals surface area contributed by atoms with Crippen LogP contribution in [0.5, 0.6) is 0 Å². The van der Waals surface area contributed by atoms with E-state index in [1.54, 1.807) is 45.9 Å². The van der Waals surface area contributed by atoms with Gasteiger partial charge in [-0.15, -0.1) is 0 Å². The molecule has 6 rings (SSSR count). The molecule has 52 heteroatoms. The predicted octanol–water partition coefficient (Wildman–Crippen LogP) is -11.5. The summed E-state index contributed by atoms with van der Waals surface area (Å²) in [5.74, 6) is -31.1. The number of fused-ring (bicyclic) bond motifs is 8. The van der Waals surface area contributed by atoms with Crippen LogP contribution in [-0.2, 0) is 117 Å². The second-order valence-corrected chi connectivity index (χ2v) is 35.4. The molecule has 5 aliphatic heterocycles. The van der Waals surface area contributed by atoms with Gasteiger partial charge in [-0.3, -0.25) is 110 Å². The van der Waals surface area contributed by atoms with Crippen molar-refractivity contribution in [2.45, 2.75) is 252 Å². The first-order valence-electron chi connectivity index (χ1n) is 43.7. The molecule has 5 aliphatic rings. The number of nitrogens with two attached hydrogens (primary N) is 5. The molecule has 0 aliphatic carbocycles. The minimum Gasteiger partial charge on any atom is -0.481 e. The molecule has 0 saturated carbocycles. The summed E-state index contributed by atoms with van der Waals surface area (Å²) in [5.41, 5.74) is 28.6. The first-order chi connectivity index (χ1) is 63.1. The highest BCUT2D eigenvalue weighted by molar-refractivity contribution is 8.76. The smallest absolute Gasteiger partial charge is 0.305 e. The number of carboxylic acids is 1. The quantitative estimate of drug-likeness (QED) is 0.0319. The Balaban J connectivity index is 1.57. The topological polar surface area (TPSA) is 794 Å². The first-order valence-corrected chi connectivity index (χ1v) is 46.2. The van der Waals surface area contributed by atoms with Crippen molar-refractivity contribution < 1.29 is 131 Å². The summed E-state index contributed by atoms with van der Waals surface area (Å²) >= 11 is 0. The number of nitrogens with zero attached hydrogens (tertiary/aromatic N) is 3. The molecule has 0 radical (unpaired) electrons. The van der Waals surface area contributed by atoms with E-state index in [0.717, 1.165) is 4.90 Å². The normalized spacial score (nSPS) is 27.9. The second-order valence-electron chi connectivity index (χ2n) is 32.9. The third-order valence-corrected chi connectivity index (χ3v) is 25.4. The van der Waals surface area contributed by atoms with Crippen LogP contribution in [0.15, 0.2) is 30.3 Å². The van der Waals surface area contributed by atoms with E-state index in [2.05, 4.69) is 74.4 Å². The average molecular weight is 1920 g/mol. The Hall–Kier alpha value is -12.4. The van der Waals surface area contributed by atoms with Gasteiger partial charge in [0.1, 0.15) is 103 Å². The fourth-order valence-electron chi connectivity index (χ4n) is 15.2. The number of aliphatic hydroxyl groups is 3. The summed E-state index contributed by atoms with van der Waals surface area (Å²) < 4.78 is 0. The van der Waals surface area contributed by atoms with Gasteiger partial charge in [0.15, 0.2) is 0 Å². The Bertz CT molecular complexity index is 4410. The van der Waals surface area contributed by atoms with E-state index >= 15 is 28.8 Å². The molecule has 19 atom stereocenters. The van der Waals surface area contributed by atoms with Crippen LogP contribution in [0.25, 0.3) is 0 Å². The molecule has 736 valence electrons. The number of primary amides is 4. The summed E-state index contributed by atoms with van der Waals surface area (Å²) in [6.07, 6.45) is -5.98. The number of aliphatic carboxylic acids is 1. The molecule has 0 spiro atoms. The van der Waals surface area contributed by atoms with Crippen molar-refractivity contribution in [2.24, 2.45) is 40.5 Å². The molecule has 0 aromatic heterocycles. The van der Waals surface area contributed by atoms with Crippen molar-refractivity contribution in [2.75, 3.05) is 64.1 Å². The van der Waals surface area contributed by atoms with Crippen LogP contribution in [0.1, 0.15) is 149 Å². The molecule has 50 nitrogen and oxygen atoms in total. The van der Waals surface area contributed by atoms with Crippen molar-refractivity contribution in [3.05, 3.63) is 35.9 Å². The van der Waals surface area contributed by atoms with Gasteiger partial charge < -0.3 is 144 Å². The van der Waals surface area contributed by atoms with E-state index in [9.17, 15) is 102 Å². The SMILES string of the molecule is CC[C@H](C)[C@@H]1NC(=O)[C@@H]2CCCN2C(=O)[C@@H]2CCCN2C(=O)[C@H]([C@@H](C)CC)NC(=O)[C@H](CO)NC(=O)[C@H](Cc2ccccc2)NC(=O)[C@H](CC(N)=O)NC(=O)[C@@H]2CSSC[C@H](NC1=O)C(=O)N[C@@H](CCC(N)=O)C(=O)N[C@@H](CCCCN)C(=O)N[C@@H](CO)C(=O)N1CCC[C@H]1C(=O)N[C@@H](CC(=O)O)C(=O)NCC(=O)N[C@@H](CO)C(=O)N[C@@H](CC(N)=O)C(=O)N[C@@H](CCC(N)=O)C(=O)N2. The van der Waals surface area contributed by atoms with Crippen molar-refractivity contribution in [1.82, 2.24) is 94.5 Å². The van der Waals surface area contributed by atoms with Gasteiger partial charge in [0.2, 0.25) is 130 Å². The monoisotopic (exact) mass is 1910 g/mol. The summed E-state index contributed by atoms with van der Waals surface area (Å²) in [6.45, 7) is 1.48. The molecule has 1 aromatic rings. The minimum absolute atomic E-state index is 0.0173. The number of carbonyl (C=O) groups excluding carboxylic acids is 22. The maximum atomic E-state index is 15.4. The van der Waals surface area contributed by atoms with Crippen molar-refractivity contribution in [3.63, 3.8) is 0 Å². The lowest BCUT2D eigenvalue weighted by atomic mass is 9.96. The number of carboxylic acid groups (broad SMARTS) is 1. The molecular weight excluding hydrogens is 1790 g/mol. The third-order valence-electron chi connectivity index (χ3n) is 23.0. The number of unbranched alkanes of at least 4 members (excludes halogenated alkanes) is 1. The van der Waals surface area contributed by atoms with Crippen LogP contribution in [0.2, 0.25) is 0 Å². The van der Waals surface area contributed by atoms with Crippen LogP contribution >= 0.6 is 21.6 Å². The van der Waals surface area contributed by atoms with E-state index in [4.69, 9.17) is 28.7 Å². The predicted molar refractivity (Wildman–Crippen MR) is 469 cm³/mol. The van der Waals surface area contributed by atoms with Crippen LogP contribution in [-0.4, -0.2) is 338 Å². The highest BCUT2D eigenvalue weighted by atomic mass is 33.1. The second kappa shape index (κ2) is 53.9. The van der Waals surface area contributed by atoms with Gasteiger partial charge in [-0.2, -0.15) is 0 Å². The zero-order valence-corrected chi connectivity index (χ0v) is 75.7. The van der Waals surface area contributed by atoms with E-state index in [1.807, 2.05) is 5.32 Å². The number of amides is 22. The lowest BCUT2D eigenvalue weighted by Crippen LogP contribution is -2.62. The summed E-state index contributed by atoms with van der Waals surface area (Å²) in [7, 11) is 1.18. The number of aliphatic hydroxyl groups excluding tert-OH is 3. The zero-order valence-electron chi connectivity index (χ0n) is 74.1. The van der Waals surface area contributed by atoms with Gasteiger partial charge in [0.05, 0.1) is 45.6 Å². The molecule has 29 N–H and O–H groups in total. The van der Waals surface area contributed by atoms with E-state index < -0.39 is 340 Å². The Morgan fingerprint density at radius 1 is 0.391 bits per heavy atom. The number of hydrogen-bond donors (Lipinski definition) is 24. The van der Waals surface area contributed by atoms with Crippen molar-refractivity contribution >= 4 is 158 Å². The van der Waals surface area contributed by atoms with Gasteiger partial charge in [-0.1, -0.05) is 92.5 Å². The highest BCUT2D eigenvalue weighted by Crippen LogP contribution is 2.29. The molecule has 2 bridgehead atoms. The summed E-state index contributed by atoms with van der Waals surface area (Å²) in [6, 6.07) is -23.3. The lowest BCUT2D eigenvalue weighted by molar-refractivity contribution is -0.149. The van der Waals surface area contributed by atoms with Gasteiger partial charge in [0.25, 0.3) is 0 Å². The molecule has 133 heavy (non-hydrogen) atoms. The number of rotatable bonds is 25. The van der Waals surface area contributed by atoms with Gasteiger partial charge in [-0.05, 0) is 94.6 Å². The number of benzene rings is 1. The molecular formula is C81H123N23O27S2. The molecule has 5 fully saturated rings. The molecule has 1 aromatic carbocycles. The van der Waals surface area contributed by atoms with Gasteiger partial charge in [0, 0.05) is 50.4 Å². The van der Waals surface area contributed by atoms with Crippen LogP contribution in [0.3, 0.4) is 0 Å². The van der Waals surface area contributed by atoms with Crippen LogP contribution in [0.4, 0.5) is 0 Å². The van der Waals surface area contributed by atoms with Crippen molar-refractivity contribution in [1.29, 1.82) is 0 Å². The Kier molecular flexibility index (Phi) is 44.3. The fourth-order valence-corrected chi connectivity index (χ4v) is 17.5. The molecule has 0 unspecified atom stereocenters. The number of hydrogen-bond acceptors (Lipinski definition) is 29. The molecule has 5 saturated heterocycles. The fraction of sp³-hybridized carbons (Fsp3) is 0.642. The Morgan fingerprint density at radius 3 is 1.26 bits per heavy atom. The largest absolute Gasteiger partial charge is 0.481 e. The third kappa shape index (κ3) is 33.4. The summed E-state index contributed by atoms with van der Waals surface area (Å²) in [5, 5.41) is 77.2. The zero-order chi connectivity index (χ0) is 98.6. The minimum atomic E-state index is -2.19. The van der Waals surface area contributed by atoms with Crippen LogP contribution in [0, 0.1) is 11.8 Å². The first kappa shape index (κ1) is 109. The van der Waals surface area contributed by atoms with E-state index in [1.165, 1.54) is 21.9 Å². The maximum Gasteiger partial charge on any atom is 0.305 e. The van der Waals surface area contributed by atoms with Gasteiger partial charge >= 0.3 is 5.97 Å².